The quantitative estimate of drug-likeness (QED) is 0.704. The fraction of sp³-hybridized carbons (Fsp3) is 0.409. The first kappa shape index (κ1) is 18.6. The highest BCUT2D eigenvalue weighted by Crippen LogP contribution is 2.14. The van der Waals surface area contributed by atoms with Gasteiger partial charge in [-0.1, -0.05) is 55.5 Å². The molecule has 1 saturated heterocycles. The molecular formula is C22H31N3O+2. The first-order valence-corrected chi connectivity index (χ1v) is 9.78. The molecule has 0 spiro atoms. The van der Waals surface area contributed by atoms with E-state index in [9.17, 15) is 4.79 Å². The Hall–Kier alpha value is -2.17. The zero-order valence-corrected chi connectivity index (χ0v) is 15.9. The number of benzene rings is 2. The number of piperazine rings is 1. The number of aryl methyl sites for hydroxylation is 1. The van der Waals surface area contributed by atoms with Crippen LogP contribution in [0.5, 0.6) is 0 Å². The highest BCUT2D eigenvalue weighted by molar-refractivity contribution is 5.92. The van der Waals surface area contributed by atoms with Crippen LogP contribution in [0.2, 0.25) is 0 Å². The average molecular weight is 354 g/mol. The number of carbonyl (C=O) groups is 1. The summed E-state index contributed by atoms with van der Waals surface area (Å²) in [6, 6.07) is 19.3. The Balaban J connectivity index is 1.48. The molecule has 4 nitrogen and oxygen atoms in total. The maximum Gasteiger partial charge on any atom is 0.279 e. The summed E-state index contributed by atoms with van der Waals surface area (Å²) in [5, 5.41) is 3.10. The number of carbonyl (C=O) groups excluding carboxylic acids is 1. The van der Waals surface area contributed by atoms with Crippen LogP contribution < -0.4 is 15.1 Å². The van der Waals surface area contributed by atoms with E-state index in [-0.39, 0.29) is 5.91 Å². The van der Waals surface area contributed by atoms with Gasteiger partial charge in [-0.3, -0.25) is 4.79 Å². The SMILES string of the molecule is CCc1ccccc1NC(=O)C[NH+]1CC[NH+]([C@H](C)c2ccccc2)CC1. The Labute approximate surface area is 156 Å². The first-order valence-electron chi connectivity index (χ1n) is 9.78. The molecule has 3 N–H and O–H groups in total. The molecule has 0 bridgehead atoms. The zero-order chi connectivity index (χ0) is 18.4. The molecule has 2 aromatic carbocycles. The molecule has 0 radical (unpaired) electrons. The normalized spacial score (nSPS) is 21.2. The van der Waals surface area contributed by atoms with Crippen molar-refractivity contribution >= 4 is 11.6 Å². The van der Waals surface area contributed by atoms with E-state index in [1.54, 1.807) is 4.90 Å². The first-order chi connectivity index (χ1) is 12.7. The molecule has 26 heavy (non-hydrogen) atoms. The number of quaternary nitrogens is 2. The van der Waals surface area contributed by atoms with Crippen molar-refractivity contribution in [3.63, 3.8) is 0 Å². The summed E-state index contributed by atoms with van der Waals surface area (Å²) in [5.41, 5.74) is 3.56. The number of nitrogens with one attached hydrogen (secondary N) is 3. The molecule has 1 amide bonds. The van der Waals surface area contributed by atoms with Crippen molar-refractivity contribution in [2.75, 3.05) is 38.0 Å². The van der Waals surface area contributed by atoms with Crippen molar-refractivity contribution in [1.29, 1.82) is 0 Å². The summed E-state index contributed by atoms with van der Waals surface area (Å²) in [4.78, 5) is 15.5. The minimum absolute atomic E-state index is 0.125. The number of rotatable bonds is 6. The molecule has 1 atom stereocenters. The summed E-state index contributed by atoms with van der Waals surface area (Å²) < 4.78 is 0. The summed E-state index contributed by atoms with van der Waals surface area (Å²) in [6.07, 6.45) is 0.933. The van der Waals surface area contributed by atoms with Gasteiger partial charge in [0, 0.05) is 11.3 Å². The van der Waals surface area contributed by atoms with Crippen molar-refractivity contribution in [3.8, 4) is 0 Å². The van der Waals surface area contributed by atoms with Gasteiger partial charge in [0.2, 0.25) is 0 Å². The van der Waals surface area contributed by atoms with E-state index >= 15 is 0 Å². The Morgan fingerprint density at radius 3 is 2.35 bits per heavy atom. The van der Waals surface area contributed by atoms with Crippen molar-refractivity contribution in [2.24, 2.45) is 0 Å². The molecule has 3 rings (SSSR count). The molecule has 0 aliphatic carbocycles. The van der Waals surface area contributed by atoms with Gasteiger partial charge in [-0.15, -0.1) is 0 Å². The van der Waals surface area contributed by atoms with Gasteiger partial charge in [0.15, 0.2) is 6.54 Å². The topological polar surface area (TPSA) is 38.0 Å². The van der Waals surface area contributed by atoms with Gasteiger partial charge in [0.25, 0.3) is 5.91 Å². The fourth-order valence-corrected chi connectivity index (χ4v) is 3.88. The fourth-order valence-electron chi connectivity index (χ4n) is 3.88. The second kappa shape index (κ2) is 8.97. The van der Waals surface area contributed by atoms with E-state index in [4.69, 9.17) is 0 Å². The van der Waals surface area contributed by atoms with Crippen molar-refractivity contribution in [1.82, 2.24) is 0 Å². The third-order valence-electron chi connectivity index (χ3n) is 5.59. The van der Waals surface area contributed by atoms with Crippen molar-refractivity contribution in [2.45, 2.75) is 26.3 Å². The van der Waals surface area contributed by atoms with Gasteiger partial charge in [-0.05, 0) is 25.0 Å². The van der Waals surface area contributed by atoms with E-state index in [2.05, 4.69) is 55.6 Å². The molecule has 138 valence electrons. The predicted molar refractivity (Wildman–Crippen MR) is 106 cm³/mol. The summed E-state index contributed by atoms with van der Waals surface area (Å²) >= 11 is 0. The molecule has 1 aliphatic rings. The lowest BCUT2D eigenvalue weighted by atomic mass is 10.1. The van der Waals surface area contributed by atoms with Crippen LogP contribution in [-0.4, -0.2) is 38.6 Å². The number of hydrogen-bond donors (Lipinski definition) is 3. The van der Waals surface area contributed by atoms with Crippen molar-refractivity contribution < 1.29 is 14.6 Å². The van der Waals surface area contributed by atoms with Gasteiger partial charge >= 0.3 is 0 Å². The molecule has 2 aromatic rings. The number of para-hydroxylation sites is 1. The van der Waals surface area contributed by atoms with Crippen LogP contribution >= 0.6 is 0 Å². The third kappa shape index (κ3) is 4.71. The summed E-state index contributed by atoms with van der Waals surface area (Å²) in [6.45, 7) is 9.32. The lowest BCUT2D eigenvalue weighted by Gasteiger charge is -2.33. The maximum atomic E-state index is 12.4. The lowest BCUT2D eigenvalue weighted by Crippen LogP contribution is -3.28. The smallest absolute Gasteiger partial charge is 0.279 e. The van der Waals surface area contributed by atoms with Gasteiger partial charge in [-0.25, -0.2) is 0 Å². The highest BCUT2D eigenvalue weighted by atomic mass is 16.2. The van der Waals surface area contributed by atoms with E-state index in [0.717, 1.165) is 38.3 Å². The van der Waals surface area contributed by atoms with Crippen LogP contribution in [0.1, 0.15) is 31.0 Å². The minimum Gasteiger partial charge on any atom is -0.321 e. The molecule has 1 fully saturated rings. The van der Waals surface area contributed by atoms with E-state index < -0.39 is 0 Å². The monoisotopic (exact) mass is 353 g/mol. The second-order valence-corrected chi connectivity index (χ2v) is 7.28. The Kier molecular flexibility index (Phi) is 6.42. The average Bonchev–Trinajstić information content (AvgIpc) is 2.69. The lowest BCUT2D eigenvalue weighted by molar-refractivity contribution is -1.02. The summed E-state index contributed by atoms with van der Waals surface area (Å²) in [5.74, 6) is 0.125. The zero-order valence-electron chi connectivity index (χ0n) is 15.9. The maximum absolute atomic E-state index is 12.4. The van der Waals surface area contributed by atoms with E-state index in [0.29, 0.717) is 12.6 Å². The standard InChI is InChI=1S/C22H29N3O/c1-3-19-9-7-8-12-21(19)23-22(26)17-24-13-15-25(16-14-24)18(2)20-10-5-4-6-11-20/h4-12,18H,3,13-17H2,1-2H3,(H,23,26)/p+2/t18-/m1/s1. The predicted octanol–water partition coefficient (Wildman–Crippen LogP) is 0.732. The summed E-state index contributed by atoms with van der Waals surface area (Å²) in [7, 11) is 0. The van der Waals surface area contributed by atoms with Crippen LogP contribution in [0, 0.1) is 0 Å². The number of amides is 1. The van der Waals surface area contributed by atoms with E-state index in [1.165, 1.54) is 16.0 Å². The van der Waals surface area contributed by atoms with Gasteiger partial charge in [-0.2, -0.15) is 0 Å². The van der Waals surface area contributed by atoms with Gasteiger partial charge in [0.05, 0.1) is 0 Å². The Bertz CT molecular complexity index is 708. The molecule has 1 aliphatic heterocycles. The highest BCUT2D eigenvalue weighted by Gasteiger charge is 2.28. The van der Waals surface area contributed by atoms with Gasteiger partial charge < -0.3 is 15.1 Å². The molecule has 0 aromatic heterocycles. The van der Waals surface area contributed by atoms with Crippen molar-refractivity contribution in [3.05, 3.63) is 65.7 Å². The largest absolute Gasteiger partial charge is 0.321 e. The number of hydrogen-bond acceptors (Lipinski definition) is 1. The third-order valence-corrected chi connectivity index (χ3v) is 5.59. The minimum atomic E-state index is 0.125. The molecule has 0 saturated carbocycles. The van der Waals surface area contributed by atoms with Gasteiger partial charge in [0.1, 0.15) is 32.2 Å². The molecule has 0 unspecified atom stereocenters. The molecule has 1 heterocycles. The van der Waals surface area contributed by atoms with Crippen LogP contribution in [-0.2, 0) is 11.2 Å². The van der Waals surface area contributed by atoms with E-state index in [1.807, 2.05) is 18.2 Å². The Morgan fingerprint density at radius 2 is 1.65 bits per heavy atom. The van der Waals surface area contributed by atoms with Crippen LogP contribution in [0.15, 0.2) is 54.6 Å². The van der Waals surface area contributed by atoms with Crippen LogP contribution in [0.3, 0.4) is 0 Å². The van der Waals surface area contributed by atoms with Crippen LogP contribution in [0.4, 0.5) is 5.69 Å². The Morgan fingerprint density at radius 1 is 1.00 bits per heavy atom. The molecule has 4 heteroatoms. The molecular weight excluding hydrogens is 322 g/mol. The van der Waals surface area contributed by atoms with Crippen LogP contribution in [0.25, 0.3) is 0 Å². The second-order valence-electron chi connectivity index (χ2n) is 7.28. The number of anilines is 1.